The molecule has 4 nitrogen and oxygen atoms in total. The number of hydrogen-bond acceptors (Lipinski definition) is 3. The third-order valence-corrected chi connectivity index (χ3v) is 3.87. The summed E-state index contributed by atoms with van der Waals surface area (Å²) in [5.74, 6) is -0.227. The molecule has 1 aliphatic heterocycles. The van der Waals surface area contributed by atoms with Crippen LogP contribution < -0.4 is 16.8 Å². The quantitative estimate of drug-likeness (QED) is 0.721. The minimum atomic E-state index is -0.927. The smallest absolute Gasteiger partial charge is 0.238 e. The van der Waals surface area contributed by atoms with Gasteiger partial charge in [-0.1, -0.05) is 30.3 Å². The van der Waals surface area contributed by atoms with Crippen molar-refractivity contribution in [3.05, 3.63) is 35.9 Å². The fourth-order valence-electron chi connectivity index (χ4n) is 2.70. The van der Waals surface area contributed by atoms with Gasteiger partial charge in [0.1, 0.15) is 5.54 Å². The van der Waals surface area contributed by atoms with Crippen molar-refractivity contribution in [3.8, 4) is 0 Å². The molecular formula is C14H21N3O. The second-order valence-corrected chi connectivity index (χ2v) is 5.09. The van der Waals surface area contributed by atoms with E-state index in [1.165, 1.54) is 0 Å². The lowest BCUT2D eigenvalue weighted by molar-refractivity contribution is -0.125. The fraction of sp³-hybridized carbons (Fsp3) is 0.500. The fourth-order valence-corrected chi connectivity index (χ4v) is 2.70. The lowest BCUT2D eigenvalue weighted by Gasteiger charge is -2.37. The molecule has 1 heterocycles. The predicted octanol–water partition coefficient (Wildman–Crippen LogP) is 0.411. The lowest BCUT2D eigenvalue weighted by atomic mass is 9.74. The zero-order valence-corrected chi connectivity index (χ0v) is 10.6. The summed E-state index contributed by atoms with van der Waals surface area (Å²) in [6.45, 7) is 1.82. The van der Waals surface area contributed by atoms with Crippen LogP contribution in [0.3, 0.4) is 0 Å². The van der Waals surface area contributed by atoms with Crippen molar-refractivity contribution in [1.82, 2.24) is 5.32 Å². The molecule has 0 spiro atoms. The van der Waals surface area contributed by atoms with Gasteiger partial charge in [0.25, 0.3) is 0 Å². The second-order valence-electron chi connectivity index (χ2n) is 5.09. The Kier molecular flexibility index (Phi) is 3.99. The number of benzene rings is 1. The van der Waals surface area contributed by atoms with Crippen molar-refractivity contribution in [3.63, 3.8) is 0 Å². The Morgan fingerprint density at radius 3 is 2.44 bits per heavy atom. The van der Waals surface area contributed by atoms with Crippen LogP contribution in [-0.2, 0) is 11.2 Å². The molecule has 0 aromatic heterocycles. The molecule has 0 bridgehead atoms. The number of nitrogens with two attached hydrogens (primary N) is 2. The van der Waals surface area contributed by atoms with Gasteiger partial charge in [-0.05, 0) is 43.8 Å². The molecule has 1 atom stereocenters. The van der Waals surface area contributed by atoms with Gasteiger partial charge in [0.2, 0.25) is 5.91 Å². The van der Waals surface area contributed by atoms with Crippen molar-refractivity contribution >= 4 is 5.91 Å². The van der Waals surface area contributed by atoms with Crippen molar-refractivity contribution in [2.24, 2.45) is 17.4 Å². The first-order chi connectivity index (χ1) is 8.63. The molecule has 98 valence electrons. The average molecular weight is 247 g/mol. The van der Waals surface area contributed by atoms with Gasteiger partial charge in [0.15, 0.2) is 0 Å². The van der Waals surface area contributed by atoms with E-state index in [0.29, 0.717) is 6.42 Å². The monoisotopic (exact) mass is 247 g/mol. The summed E-state index contributed by atoms with van der Waals surface area (Å²) < 4.78 is 0. The summed E-state index contributed by atoms with van der Waals surface area (Å²) in [6, 6.07) is 9.85. The highest BCUT2D eigenvalue weighted by molar-refractivity contribution is 5.85. The van der Waals surface area contributed by atoms with E-state index >= 15 is 0 Å². The number of hydrogen-bond donors (Lipinski definition) is 3. The highest BCUT2D eigenvalue weighted by atomic mass is 16.1. The molecule has 1 unspecified atom stereocenters. The van der Waals surface area contributed by atoms with Gasteiger partial charge in [-0.2, -0.15) is 0 Å². The minimum Gasteiger partial charge on any atom is -0.368 e. The van der Waals surface area contributed by atoms with Crippen LogP contribution in [0.25, 0.3) is 0 Å². The SMILES string of the molecule is NC(=O)C(N)(Cc1ccccc1)C1CCNCC1. The Hall–Kier alpha value is -1.39. The van der Waals surface area contributed by atoms with Crippen LogP contribution in [0.15, 0.2) is 30.3 Å². The maximum atomic E-state index is 11.8. The number of amides is 1. The molecular weight excluding hydrogens is 226 g/mol. The Bertz CT molecular complexity index is 401. The van der Waals surface area contributed by atoms with E-state index in [-0.39, 0.29) is 5.92 Å². The number of rotatable bonds is 4. The molecule has 2 rings (SSSR count). The first-order valence-electron chi connectivity index (χ1n) is 6.46. The summed E-state index contributed by atoms with van der Waals surface area (Å²) in [5, 5.41) is 3.28. The summed E-state index contributed by atoms with van der Waals surface area (Å²) >= 11 is 0. The maximum absolute atomic E-state index is 11.8. The first-order valence-corrected chi connectivity index (χ1v) is 6.46. The van der Waals surface area contributed by atoms with Crippen molar-refractivity contribution in [2.45, 2.75) is 24.8 Å². The predicted molar refractivity (Wildman–Crippen MR) is 71.9 cm³/mol. The van der Waals surface area contributed by atoms with Crippen LogP contribution in [0, 0.1) is 5.92 Å². The minimum absolute atomic E-state index is 0.163. The molecule has 0 aliphatic carbocycles. The van der Waals surface area contributed by atoms with Crippen molar-refractivity contribution < 1.29 is 4.79 Å². The van der Waals surface area contributed by atoms with Gasteiger partial charge in [-0.3, -0.25) is 4.79 Å². The molecule has 1 fully saturated rings. The van der Waals surface area contributed by atoms with E-state index in [9.17, 15) is 4.79 Å². The number of piperidine rings is 1. The average Bonchev–Trinajstić information content (AvgIpc) is 2.40. The van der Waals surface area contributed by atoms with Crippen LogP contribution in [0.1, 0.15) is 18.4 Å². The molecule has 1 aromatic carbocycles. The van der Waals surface area contributed by atoms with E-state index in [0.717, 1.165) is 31.5 Å². The largest absolute Gasteiger partial charge is 0.368 e. The Morgan fingerprint density at radius 1 is 1.28 bits per heavy atom. The molecule has 0 radical (unpaired) electrons. The van der Waals surface area contributed by atoms with Crippen LogP contribution in [0.2, 0.25) is 0 Å². The van der Waals surface area contributed by atoms with E-state index < -0.39 is 11.4 Å². The highest BCUT2D eigenvalue weighted by Gasteiger charge is 2.40. The van der Waals surface area contributed by atoms with Crippen LogP contribution >= 0.6 is 0 Å². The highest BCUT2D eigenvalue weighted by Crippen LogP contribution is 2.27. The maximum Gasteiger partial charge on any atom is 0.238 e. The Labute approximate surface area is 108 Å². The van der Waals surface area contributed by atoms with Crippen molar-refractivity contribution in [1.29, 1.82) is 0 Å². The molecule has 5 N–H and O–H groups in total. The van der Waals surface area contributed by atoms with Crippen LogP contribution in [-0.4, -0.2) is 24.5 Å². The van der Waals surface area contributed by atoms with Gasteiger partial charge in [0, 0.05) is 0 Å². The topological polar surface area (TPSA) is 81.1 Å². The van der Waals surface area contributed by atoms with E-state index in [1.54, 1.807) is 0 Å². The number of carbonyl (C=O) groups excluding carboxylic acids is 1. The zero-order chi connectivity index (χ0) is 13.0. The van der Waals surface area contributed by atoms with Crippen molar-refractivity contribution in [2.75, 3.05) is 13.1 Å². The van der Waals surface area contributed by atoms with Crippen LogP contribution in [0.4, 0.5) is 0 Å². The number of nitrogens with one attached hydrogen (secondary N) is 1. The molecule has 1 amide bonds. The number of primary amides is 1. The number of carbonyl (C=O) groups is 1. The summed E-state index contributed by atoms with van der Waals surface area (Å²) in [6.07, 6.45) is 2.34. The van der Waals surface area contributed by atoms with Gasteiger partial charge in [-0.25, -0.2) is 0 Å². The summed E-state index contributed by atoms with van der Waals surface area (Å²) in [5.41, 5.74) is 12.1. The first kappa shape index (κ1) is 13.1. The van der Waals surface area contributed by atoms with Gasteiger partial charge < -0.3 is 16.8 Å². The standard InChI is InChI=1S/C14H21N3O/c15-13(18)14(16,12-6-8-17-9-7-12)10-11-4-2-1-3-5-11/h1-5,12,17H,6-10,16H2,(H2,15,18). The normalized spacial score (nSPS) is 20.3. The third-order valence-electron chi connectivity index (χ3n) is 3.87. The molecule has 18 heavy (non-hydrogen) atoms. The van der Waals surface area contributed by atoms with E-state index in [4.69, 9.17) is 11.5 Å². The molecule has 0 saturated carbocycles. The second kappa shape index (κ2) is 5.50. The van der Waals surface area contributed by atoms with Gasteiger partial charge in [-0.15, -0.1) is 0 Å². The Balaban J connectivity index is 2.18. The summed E-state index contributed by atoms with van der Waals surface area (Å²) in [4.78, 5) is 11.8. The van der Waals surface area contributed by atoms with E-state index in [2.05, 4.69) is 5.32 Å². The lowest BCUT2D eigenvalue weighted by Crippen LogP contribution is -2.60. The molecule has 1 saturated heterocycles. The van der Waals surface area contributed by atoms with Crippen LogP contribution in [0.5, 0.6) is 0 Å². The third kappa shape index (κ3) is 2.71. The van der Waals surface area contributed by atoms with Gasteiger partial charge in [0.05, 0.1) is 0 Å². The molecule has 1 aromatic rings. The molecule has 4 heteroatoms. The molecule has 1 aliphatic rings. The summed E-state index contributed by atoms with van der Waals surface area (Å²) in [7, 11) is 0. The van der Waals surface area contributed by atoms with E-state index in [1.807, 2.05) is 30.3 Å². The Morgan fingerprint density at radius 2 is 1.89 bits per heavy atom. The zero-order valence-electron chi connectivity index (χ0n) is 10.6. The van der Waals surface area contributed by atoms with Gasteiger partial charge >= 0.3 is 0 Å².